The first kappa shape index (κ1) is 12.4. The molecule has 0 radical (unpaired) electrons. The molecule has 1 aromatic rings. The van der Waals surface area contributed by atoms with E-state index in [1.54, 1.807) is 11.3 Å². The van der Waals surface area contributed by atoms with Crippen molar-refractivity contribution in [2.75, 3.05) is 6.61 Å². The highest BCUT2D eigenvalue weighted by atomic mass is 79.9. The molecule has 0 aromatic carbocycles. The molecule has 0 aliphatic heterocycles. The van der Waals surface area contributed by atoms with E-state index in [-0.39, 0.29) is 25.1 Å². The molecule has 12 heavy (non-hydrogen) atoms. The van der Waals surface area contributed by atoms with Crippen molar-refractivity contribution in [3.63, 3.8) is 0 Å². The van der Waals surface area contributed by atoms with E-state index in [1.165, 1.54) is 0 Å². The highest BCUT2D eigenvalue weighted by molar-refractivity contribution is 9.11. The molecule has 0 aliphatic rings. The van der Waals surface area contributed by atoms with Crippen molar-refractivity contribution in [3.8, 4) is 0 Å². The zero-order chi connectivity index (χ0) is 8.27. The van der Waals surface area contributed by atoms with E-state index in [0.29, 0.717) is 6.42 Å². The van der Waals surface area contributed by atoms with Gasteiger partial charge >= 0.3 is 0 Å². The van der Waals surface area contributed by atoms with E-state index >= 15 is 0 Å². The molecule has 0 saturated carbocycles. The third-order valence-corrected chi connectivity index (χ3v) is 3.16. The summed E-state index contributed by atoms with van der Waals surface area (Å²) in [6.45, 7) is 0.149. The Morgan fingerprint density at radius 3 is 2.67 bits per heavy atom. The van der Waals surface area contributed by atoms with Crippen molar-refractivity contribution in [1.82, 2.24) is 0 Å². The fraction of sp³-hybridized carbons (Fsp3) is 0.429. The van der Waals surface area contributed by atoms with Crippen molar-refractivity contribution in [3.05, 3.63) is 20.8 Å². The number of aliphatic hydroxyl groups is 1. The van der Waals surface area contributed by atoms with Crippen molar-refractivity contribution in [2.45, 2.75) is 12.5 Å². The Labute approximate surface area is 90.3 Å². The smallest absolute Gasteiger partial charge is 0.0701 e. The van der Waals surface area contributed by atoms with Gasteiger partial charge in [0.25, 0.3) is 0 Å². The minimum atomic E-state index is -0.0173. The summed E-state index contributed by atoms with van der Waals surface area (Å²) in [6, 6.07) is 3.93. The third-order valence-electron chi connectivity index (χ3n) is 1.40. The van der Waals surface area contributed by atoms with E-state index in [2.05, 4.69) is 15.9 Å². The molecule has 1 heterocycles. The molecule has 0 aliphatic carbocycles. The Balaban J connectivity index is 0.00000121. The van der Waals surface area contributed by atoms with Gasteiger partial charge in [0, 0.05) is 17.5 Å². The molecule has 0 bridgehead atoms. The van der Waals surface area contributed by atoms with Gasteiger partial charge in [-0.1, -0.05) is 0 Å². The predicted molar refractivity (Wildman–Crippen MR) is 57.9 cm³/mol. The van der Waals surface area contributed by atoms with Crippen LogP contribution in [0.5, 0.6) is 0 Å². The van der Waals surface area contributed by atoms with Crippen LogP contribution in [0.4, 0.5) is 0 Å². The van der Waals surface area contributed by atoms with Crippen LogP contribution in [-0.2, 0) is 0 Å². The van der Waals surface area contributed by atoms with E-state index in [4.69, 9.17) is 10.8 Å². The summed E-state index contributed by atoms with van der Waals surface area (Å²) < 4.78 is 1.08. The van der Waals surface area contributed by atoms with Gasteiger partial charge in [0.2, 0.25) is 0 Å². The molecule has 0 spiro atoms. The van der Waals surface area contributed by atoms with Gasteiger partial charge in [0.1, 0.15) is 0 Å². The zero-order valence-corrected chi connectivity index (χ0v) is 9.58. The summed E-state index contributed by atoms with van der Waals surface area (Å²) in [7, 11) is 0. The summed E-state index contributed by atoms with van der Waals surface area (Å²) in [5, 5.41) is 8.62. The maximum atomic E-state index is 8.62. The van der Waals surface area contributed by atoms with Gasteiger partial charge < -0.3 is 10.8 Å². The Morgan fingerprint density at radius 2 is 2.25 bits per heavy atom. The minimum Gasteiger partial charge on any atom is -0.396 e. The van der Waals surface area contributed by atoms with Gasteiger partial charge in [-0.15, -0.1) is 23.7 Å². The van der Waals surface area contributed by atoms with E-state index in [1.807, 2.05) is 12.1 Å². The lowest BCUT2D eigenvalue weighted by Gasteiger charge is -2.05. The van der Waals surface area contributed by atoms with Gasteiger partial charge in [-0.25, -0.2) is 0 Å². The summed E-state index contributed by atoms with van der Waals surface area (Å²) in [5.74, 6) is 0. The van der Waals surface area contributed by atoms with Gasteiger partial charge in [0.15, 0.2) is 0 Å². The summed E-state index contributed by atoms with van der Waals surface area (Å²) in [6.07, 6.45) is 0.632. The molecule has 0 fully saturated rings. The number of hydrogen-bond acceptors (Lipinski definition) is 3. The van der Waals surface area contributed by atoms with Crippen LogP contribution < -0.4 is 5.73 Å². The standard InChI is InChI=1S/C7H10BrNOS.ClH/c8-7-2-1-6(11-7)5(9)3-4-10;/h1-2,5,10H,3-4,9H2;1H/t5-;/m0./s1. The molecular weight excluding hydrogens is 262 g/mol. The lowest BCUT2D eigenvalue weighted by molar-refractivity contribution is 0.277. The summed E-state index contributed by atoms with van der Waals surface area (Å²) >= 11 is 4.97. The van der Waals surface area contributed by atoms with Crippen molar-refractivity contribution < 1.29 is 5.11 Å². The first-order chi connectivity index (χ1) is 5.24. The Bertz CT molecular complexity index is 231. The summed E-state index contributed by atoms with van der Waals surface area (Å²) in [5.41, 5.74) is 5.75. The van der Waals surface area contributed by atoms with Crippen LogP contribution in [0.15, 0.2) is 15.9 Å². The first-order valence-corrected chi connectivity index (χ1v) is 4.96. The van der Waals surface area contributed by atoms with Crippen LogP contribution in [0.1, 0.15) is 17.3 Å². The highest BCUT2D eigenvalue weighted by Gasteiger charge is 2.06. The molecular formula is C7H11BrClNOS. The van der Waals surface area contributed by atoms with Gasteiger partial charge in [-0.3, -0.25) is 0 Å². The van der Waals surface area contributed by atoms with Crippen molar-refractivity contribution in [1.29, 1.82) is 0 Å². The third kappa shape index (κ3) is 3.41. The van der Waals surface area contributed by atoms with Crippen LogP contribution in [-0.4, -0.2) is 11.7 Å². The van der Waals surface area contributed by atoms with Crippen LogP contribution in [0, 0.1) is 0 Å². The zero-order valence-electron chi connectivity index (χ0n) is 6.37. The highest BCUT2D eigenvalue weighted by Crippen LogP contribution is 2.27. The molecule has 5 heteroatoms. The van der Waals surface area contributed by atoms with E-state index in [0.717, 1.165) is 8.66 Å². The van der Waals surface area contributed by atoms with Gasteiger partial charge in [-0.05, 0) is 34.5 Å². The molecule has 3 N–H and O–H groups in total. The number of halogens is 2. The van der Waals surface area contributed by atoms with Crippen LogP contribution in [0.3, 0.4) is 0 Å². The van der Waals surface area contributed by atoms with Crippen molar-refractivity contribution in [2.24, 2.45) is 5.73 Å². The van der Waals surface area contributed by atoms with Gasteiger partial charge in [0.05, 0.1) is 3.79 Å². The maximum Gasteiger partial charge on any atom is 0.0701 e. The molecule has 0 saturated heterocycles. The second-order valence-electron chi connectivity index (χ2n) is 2.26. The topological polar surface area (TPSA) is 46.2 Å². The molecule has 1 rings (SSSR count). The number of nitrogens with two attached hydrogens (primary N) is 1. The second kappa shape index (κ2) is 5.94. The fourth-order valence-electron chi connectivity index (χ4n) is 0.809. The van der Waals surface area contributed by atoms with Crippen molar-refractivity contribution >= 4 is 39.7 Å². The summed E-state index contributed by atoms with van der Waals surface area (Å²) in [4.78, 5) is 1.12. The molecule has 70 valence electrons. The molecule has 0 unspecified atom stereocenters. The second-order valence-corrected chi connectivity index (χ2v) is 4.76. The lowest BCUT2D eigenvalue weighted by atomic mass is 10.2. The molecule has 2 nitrogen and oxygen atoms in total. The predicted octanol–water partition coefficient (Wildman–Crippen LogP) is 2.31. The number of aliphatic hydroxyl groups excluding tert-OH is 1. The fourth-order valence-corrected chi connectivity index (χ4v) is 2.27. The minimum absolute atomic E-state index is 0. The average molecular weight is 273 g/mol. The van der Waals surface area contributed by atoms with Crippen LogP contribution in [0.2, 0.25) is 0 Å². The maximum absolute atomic E-state index is 8.62. The largest absolute Gasteiger partial charge is 0.396 e. The lowest BCUT2D eigenvalue weighted by Crippen LogP contribution is -2.09. The molecule has 0 amide bonds. The first-order valence-electron chi connectivity index (χ1n) is 3.35. The monoisotopic (exact) mass is 271 g/mol. The Kier molecular flexibility index (Phi) is 6.13. The number of hydrogen-bond donors (Lipinski definition) is 2. The average Bonchev–Trinajstić information content (AvgIpc) is 2.36. The molecule has 1 atom stereocenters. The quantitative estimate of drug-likeness (QED) is 0.887. The Morgan fingerprint density at radius 1 is 1.58 bits per heavy atom. The Hall–Kier alpha value is 0.390. The number of rotatable bonds is 3. The number of thiophene rings is 1. The van der Waals surface area contributed by atoms with Crippen LogP contribution >= 0.6 is 39.7 Å². The normalized spacial score (nSPS) is 12.2. The molecule has 1 aromatic heterocycles. The van der Waals surface area contributed by atoms with E-state index < -0.39 is 0 Å². The SMILES string of the molecule is Cl.N[C@@H](CCO)c1ccc(Br)s1. The van der Waals surface area contributed by atoms with Gasteiger partial charge in [-0.2, -0.15) is 0 Å². The van der Waals surface area contributed by atoms with E-state index in [9.17, 15) is 0 Å². The van der Waals surface area contributed by atoms with Crippen LogP contribution in [0.25, 0.3) is 0 Å².